The van der Waals surface area contributed by atoms with Crippen molar-refractivity contribution in [2.75, 3.05) is 6.61 Å². The molecule has 0 aromatic carbocycles. The van der Waals surface area contributed by atoms with Crippen LogP contribution in [0.3, 0.4) is 0 Å². The van der Waals surface area contributed by atoms with Crippen molar-refractivity contribution in [3.05, 3.63) is 0 Å². The summed E-state index contributed by atoms with van der Waals surface area (Å²) in [4.78, 5) is 9.98. The molecule has 0 aliphatic heterocycles. The van der Waals surface area contributed by atoms with Gasteiger partial charge in [-0.1, -0.05) is 6.92 Å². The van der Waals surface area contributed by atoms with Gasteiger partial charge in [0.05, 0.1) is 5.92 Å². The van der Waals surface area contributed by atoms with Gasteiger partial charge >= 0.3 is 5.97 Å². The van der Waals surface area contributed by atoms with Gasteiger partial charge in [0.15, 0.2) is 0 Å². The molecular formula is C5H10NaO3. The zero-order valence-corrected chi connectivity index (χ0v) is 7.79. The molecule has 0 aromatic heterocycles. The molecule has 1 radical (unpaired) electrons. The molecule has 0 amide bonds. The minimum atomic E-state index is -0.848. The van der Waals surface area contributed by atoms with Gasteiger partial charge in [-0.15, -0.1) is 0 Å². The van der Waals surface area contributed by atoms with E-state index in [9.17, 15) is 4.79 Å². The topological polar surface area (TPSA) is 57.5 Å². The molecule has 0 spiro atoms. The zero-order chi connectivity index (χ0) is 6.57. The molecule has 9 heavy (non-hydrogen) atoms. The van der Waals surface area contributed by atoms with Crippen molar-refractivity contribution in [2.24, 2.45) is 5.92 Å². The van der Waals surface area contributed by atoms with Gasteiger partial charge in [-0.2, -0.15) is 0 Å². The summed E-state index contributed by atoms with van der Waals surface area (Å²) >= 11 is 0. The predicted molar refractivity (Wildman–Crippen MR) is 34.3 cm³/mol. The van der Waals surface area contributed by atoms with Crippen molar-refractivity contribution in [3.63, 3.8) is 0 Å². The fraction of sp³-hybridized carbons (Fsp3) is 0.800. The van der Waals surface area contributed by atoms with Crippen LogP contribution in [0.4, 0.5) is 0 Å². The molecule has 0 heterocycles. The summed E-state index contributed by atoms with van der Waals surface area (Å²) in [5.41, 5.74) is 0. The summed E-state index contributed by atoms with van der Waals surface area (Å²) in [6.45, 7) is 1.52. The number of aliphatic hydroxyl groups is 1. The minimum absolute atomic E-state index is 0. The first-order chi connectivity index (χ1) is 3.68. The Morgan fingerprint density at radius 1 is 1.67 bits per heavy atom. The Morgan fingerprint density at radius 3 is 2.22 bits per heavy atom. The van der Waals surface area contributed by atoms with Crippen LogP contribution < -0.4 is 0 Å². The third kappa shape index (κ3) is 6.31. The van der Waals surface area contributed by atoms with Crippen LogP contribution in [-0.4, -0.2) is 52.3 Å². The molecule has 4 heteroatoms. The molecule has 0 aromatic rings. The minimum Gasteiger partial charge on any atom is -0.481 e. The maximum atomic E-state index is 9.98. The third-order valence-corrected chi connectivity index (χ3v) is 0.984. The second kappa shape index (κ2) is 6.55. The molecule has 0 saturated carbocycles. The average molecular weight is 141 g/mol. The van der Waals surface area contributed by atoms with Crippen LogP contribution in [0.1, 0.15) is 13.3 Å². The number of rotatable bonds is 3. The molecule has 2 N–H and O–H groups in total. The van der Waals surface area contributed by atoms with Crippen LogP contribution in [0.2, 0.25) is 0 Å². The quantitative estimate of drug-likeness (QED) is 0.531. The van der Waals surface area contributed by atoms with Crippen molar-refractivity contribution in [3.8, 4) is 0 Å². The largest absolute Gasteiger partial charge is 0.481 e. The molecule has 3 nitrogen and oxygen atoms in total. The fourth-order valence-electron chi connectivity index (χ4n) is 0.317. The fourth-order valence-corrected chi connectivity index (χ4v) is 0.317. The molecule has 0 aliphatic carbocycles. The number of hydrogen-bond donors (Lipinski definition) is 2. The third-order valence-electron chi connectivity index (χ3n) is 0.984. The summed E-state index contributed by atoms with van der Waals surface area (Å²) in [7, 11) is 0. The summed E-state index contributed by atoms with van der Waals surface area (Å²) in [6.07, 6.45) is 0.343. The Labute approximate surface area is 76.4 Å². The van der Waals surface area contributed by atoms with Crippen LogP contribution in [-0.2, 0) is 4.79 Å². The predicted octanol–water partition coefficient (Wildman–Crippen LogP) is -0.291. The van der Waals surface area contributed by atoms with Crippen LogP contribution in [0, 0.1) is 5.92 Å². The molecule has 0 fully saturated rings. The van der Waals surface area contributed by atoms with E-state index in [0.29, 0.717) is 6.42 Å². The molecule has 0 rings (SSSR count). The van der Waals surface area contributed by atoms with E-state index in [1.807, 2.05) is 0 Å². The number of hydrogen-bond acceptors (Lipinski definition) is 2. The second-order valence-electron chi connectivity index (χ2n) is 1.75. The van der Waals surface area contributed by atoms with Gasteiger partial charge in [0.1, 0.15) is 0 Å². The van der Waals surface area contributed by atoms with E-state index in [4.69, 9.17) is 10.2 Å². The Morgan fingerprint density at radius 2 is 2.11 bits per heavy atom. The Kier molecular flexibility index (Phi) is 8.83. The van der Waals surface area contributed by atoms with Crippen molar-refractivity contribution in [1.82, 2.24) is 0 Å². The number of carboxylic acid groups (broad SMARTS) is 1. The molecular weight excluding hydrogens is 131 g/mol. The van der Waals surface area contributed by atoms with E-state index in [-0.39, 0.29) is 36.2 Å². The van der Waals surface area contributed by atoms with Gasteiger partial charge in [-0.25, -0.2) is 0 Å². The summed E-state index contributed by atoms with van der Waals surface area (Å²) in [5.74, 6) is -1.26. The van der Waals surface area contributed by atoms with Gasteiger partial charge in [0.2, 0.25) is 0 Å². The number of aliphatic hydroxyl groups excluding tert-OH is 1. The van der Waals surface area contributed by atoms with Crippen LogP contribution >= 0.6 is 0 Å². The molecule has 1 unspecified atom stereocenters. The van der Waals surface area contributed by atoms with E-state index in [2.05, 4.69) is 0 Å². The molecule has 49 valence electrons. The Bertz CT molecular complexity index is 84.3. The van der Waals surface area contributed by atoms with Crippen molar-refractivity contribution >= 4 is 35.5 Å². The standard InChI is InChI=1S/C5H10O3.Na/c1-4(2-3-6)5(7)8;/h4,6H,2-3H2,1H3,(H,7,8);. The van der Waals surface area contributed by atoms with Crippen molar-refractivity contribution in [1.29, 1.82) is 0 Å². The van der Waals surface area contributed by atoms with E-state index in [0.717, 1.165) is 0 Å². The summed E-state index contributed by atoms with van der Waals surface area (Å²) in [5, 5.41) is 16.4. The van der Waals surface area contributed by atoms with Crippen LogP contribution in [0.25, 0.3) is 0 Å². The maximum Gasteiger partial charge on any atom is 0.306 e. The van der Waals surface area contributed by atoms with Crippen LogP contribution in [0.5, 0.6) is 0 Å². The molecule has 0 bridgehead atoms. The second-order valence-corrected chi connectivity index (χ2v) is 1.75. The van der Waals surface area contributed by atoms with Gasteiger partial charge in [0.25, 0.3) is 0 Å². The zero-order valence-electron chi connectivity index (χ0n) is 5.79. The van der Waals surface area contributed by atoms with E-state index in [1.165, 1.54) is 0 Å². The molecule has 0 aliphatic rings. The van der Waals surface area contributed by atoms with Crippen LogP contribution in [0.15, 0.2) is 0 Å². The molecule has 1 atom stereocenters. The first kappa shape index (κ1) is 12.1. The van der Waals surface area contributed by atoms with E-state index < -0.39 is 11.9 Å². The first-order valence-electron chi connectivity index (χ1n) is 2.52. The Hall–Kier alpha value is 0.430. The summed E-state index contributed by atoms with van der Waals surface area (Å²) in [6, 6.07) is 0. The van der Waals surface area contributed by atoms with Crippen molar-refractivity contribution < 1.29 is 15.0 Å². The smallest absolute Gasteiger partial charge is 0.306 e. The maximum absolute atomic E-state index is 9.98. The number of carbonyl (C=O) groups is 1. The molecule has 0 saturated heterocycles. The van der Waals surface area contributed by atoms with E-state index >= 15 is 0 Å². The number of aliphatic carboxylic acids is 1. The SMILES string of the molecule is CC(CCO)C(=O)O.[Na]. The van der Waals surface area contributed by atoms with Gasteiger partial charge in [0, 0.05) is 36.2 Å². The Balaban J connectivity index is 0. The van der Waals surface area contributed by atoms with Crippen molar-refractivity contribution in [2.45, 2.75) is 13.3 Å². The monoisotopic (exact) mass is 141 g/mol. The first-order valence-corrected chi connectivity index (χ1v) is 2.52. The normalized spacial score (nSPS) is 11.8. The van der Waals surface area contributed by atoms with Gasteiger partial charge in [-0.05, 0) is 6.42 Å². The van der Waals surface area contributed by atoms with Gasteiger partial charge < -0.3 is 10.2 Å². The number of carboxylic acids is 1. The summed E-state index contributed by atoms with van der Waals surface area (Å²) < 4.78 is 0. The average Bonchev–Trinajstić information content (AvgIpc) is 1.67. The van der Waals surface area contributed by atoms with Gasteiger partial charge in [-0.3, -0.25) is 4.79 Å². The van der Waals surface area contributed by atoms with E-state index in [1.54, 1.807) is 6.92 Å².